The van der Waals surface area contributed by atoms with E-state index < -0.39 is 0 Å². The van der Waals surface area contributed by atoms with Gasteiger partial charge in [0.1, 0.15) is 0 Å². The molecule has 2 aliphatic rings. The van der Waals surface area contributed by atoms with Crippen molar-refractivity contribution in [3.05, 3.63) is 28.7 Å². The summed E-state index contributed by atoms with van der Waals surface area (Å²) < 4.78 is 1.12. The molecule has 2 amide bonds. The van der Waals surface area contributed by atoms with Gasteiger partial charge in [0.25, 0.3) is 0 Å². The van der Waals surface area contributed by atoms with Crippen molar-refractivity contribution in [3.63, 3.8) is 0 Å². The molecule has 1 N–H and O–H groups in total. The average molecular weight is 380 g/mol. The lowest BCUT2D eigenvalue weighted by atomic mass is 10.00. The van der Waals surface area contributed by atoms with Crippen LogP contribution in [0.15, 0.2) is 28.7 Å². The number of carbonyl (C=O) groups excluding carboxylic acids is 1. The second-order valence-corrected chi connectivity index (χ2v) is 7.85. The van der Waals surface area contributed by atoms with Crippen molar-refractivity contribution in [1.29, 1.82) is 0 Å². The van der Waals surface area contributed by atoms with E-state index in [-0.39, 0.29) is 6.03 Å². The lowest BCUT2D eigenvalue weighted by Gasteiger charge is -2.30. The van der Waals surface area contributed by atoms with Crippen LogP contribution in [0.2, 0.25) is 0 Å². The number of likely N-dealkylation sites (tertiary alicyclic amines) is 1. The van der Waals surface area contributed by atoms with Crippen LogP contribution in [0, 0.1) is 11.8 Å². The standard InChI is InChI=1S/C18H26BrN3O/c1-14-5-8-21(9-6-14)18(23)20-12-15-7-10-22(13-15)17-4-2-3-16(19)11-17/h2-4,11,14-15H,5-10,12-13H2,1H3,(H,20,23). The van der Waals surface area contributed by atoms with E-state index in [2.05, 4.69) is 57.3 Å². The van der Waals surface area contributed by atoms with Gasteiger partial charge >= 0.3 is 6.03 Å². The molecule has 1 aromatic rings. The van der Waals surface area contributed by atoms with Crippen LogP contribution in [-0.2, 0) is 0 Å². The fourth-order valence-electron chi connectivity index (χ4n) is 3.46. The van der Waals surface area contributed by atoms with Gasteiger partial charge in [-0.25, -0.2) is 4.79 Å². The van der Waals surface area contributed by atoms with Gasteiger partial charge in [-0.3, -0.25) is 0 Å². The number of hydrogen-bond donors (Lipinski definition) is 1. The summed E-state index contributed by atoms with van der Waals surface area (Å²) >= 11 is 3.53. The number of benzene rings is 1. The van der Waals surface area contributed by atoms with Gasteiger partial charge in [0, 0.05) is 42.9 Å². The molecule has 3 rings (SSSR count). The molecule has 0 aromatic heterocycles. The van der Waals surface area contributed by atoms with Crippen molar-refractivity contribution in [2.24, 2.45) is 11.8 Å². The molecular formula is C18H26BrN3O. The van der Waals surface area contributed by atoms with Gasteiger partial charge in [0.05, 0.1) is 0 Å². The smallest absolute Gasteiger partial charge is 0.317 e. The Kier molecular flexibility index (Phi) is 5.46. The number of hydrogen-bond acceptors (Lipinski definition) is 2. The molecule has 2 heterocycles. The zero-order chi connectivity index (χ0) is 16.2. The maximum absolute atomic E-state index is 12.3. The Morgan fingerprint density at radius 2 is 2.04 bits per heavy atom. The first-order valence-electron chi connectivity index (χ1n) is 8.65. The van der Waals surface area contributed by atoms with Gasteiger partial charge in [-0.15, -0.1) is 0 Å². The summed E-state index contributed by atoms with van der Waals surface area (Å²) in [6, 6.07) is 8.57. The monoisotopic (exact) mass is 379 g/mol. The molecule has 0 aliphatic carbocycles. The first-order chi connectivity index (χ1) is 11.1. The molecule has 0 saturated carbocycles. The third-order valence-electron chi connectivity index (χ3n) is 5.07. The van der Waals surface area contributed by atoms with Crippen molar-refractivity contribution >= 4 is 27.6 Å². The summed E-state index contributed by atoms with van der Waals surface area (Å²) in [6.45, 7) is 6.95. The number of urea groups is 1. The zero-order valence-corrected chi connectivity index (χ0v) is 15.4. The Bertz CT molecular complexity index is 543. The van der Waals surface area contributed by atoms with E-state index in [1.54, 1.807) is 0 Å². The number of halogens is 1. The van der Waals surface area contributed by atoms with Crippen molar-refractivity contribution in [2.75, 3.05) is 37.6 Å². The van der Waals surface area contributed by atoms with Gasteiger partial charge in [0.2, 0.25) is 0 Å². The minimum absolute atomic E-state index is 0.123. The van der Waals surface area contributed by atoms with Crippen LogP contribution in [0.5, 0.6) is 0 Å². The van der Waals surface area contributed by atoms with Crippen LogP contribution < -0.4 is 10.2 Å². The fourth-order valence-corrected chi connectivity index (χ4v) is 3.85. The summed E-state index contributed by atoms with van der Waals surface area (Å²) in [5.41, 5.74) is 1.26. The van der Waals surface area contributed by atoms with Gasteiger partial charge in [-0.05, 0) is 49.3 Å². The van der Waals surface area contributed by atoms with Crippen molar-refractivity contribution in [1.82, 2.24) is 10.2 Å². The van der Waals surface area contributed by atoms with E-state index in [9.17, 15) is 4.79 Å². The molecule has 2 saturated heterocycles. The molecule has 1 aromatic carbocycles. The van der Waals surface area contributed by atoms with E-state index in [1.165, 1.54) is 5.69 Å². The van der Waals surface area contributed by atoms with Gasteiger partial charge in [-0.2, -0.15) is 0 Å². The Morgan fingerprint density at radius 1 is 1.26 bits per heavy atom. The van der Waals surface area contributed by atoms with Crippen LogP contribution in [0.4, 0.5) is 10.5 Å². The van der Waals surface area contributed by atoms with E-state index in [0.29, 0.717) is 5.92 Å². The van der Waals surface area contributed by atoms with Crippen molar-refractivity contribution in [3.8, 4) is 0 Å². The molecule has 23 heavy (non-hydrogen) atoms. The molecule has 0 bridgehead atoms. The van der Waals surface area contributed by atoms with Crippen LogP contribution in [-0.4, -0.2) is 43.7 Å². The predicted octanol–water partition coefficient (Wildman–Crippen LogP) is 3.72. The zero-order valence-electron chi connectivity index (χ0n) is 13.8. The molecule has 0 radical (unpaired) electrons. The van der Waals surface area contributed by atoms with E-state index in [0.717, 1.165) is 62.4 Å². The quantitative estimate of drug-likeness (QED) is 0.868. The topological polar surface area (TPSA) is 35.6 Å². The molecule has 126 valence electrons. The Morgan fingerprint density at radius 3 is 2.78 bits per heavy atom. The number of nitrogens with one attached hydrogen (secondary N) is 1. The number of nitrogens with zero attached hydrogens (tertiary/aromatic N) is 2. The summed E-state index contributed by atoms with van der Waals surface area (Å²) in [5.74, 6) is 1.30. The summed E-state index contributed by atoms with van der Waals surface area (Å²) in [4.78, 5) is 16.6. The average Bonchev–Trinajstić information content (AvgIpc) is 3.02. The summed E-state index contributed by atoms with van der Waals surface area (Å²) in [6.07, 6.45) is 3.41. The highest BCUT2D eigenvalue weighted by Crippen LogP contribution is 2.26. The molecule has 4 nitrogen and oxygen atoms in total. The van der Waals surface area contributed by atoms with Crippen molar-refractivity contribution in [2.45, 2.75) is 26.2 Å². The maximum atomic E-state index is 12.3. The highest BCUT2D eigenvalue weighted by Gasteiger charge is 2.25. The van der Waals surface area contributed by atoms with E-state index in [1.807, 2.05) is 4.90 Å². The number of piperidine rings is 1. The lowest BCUT2D eigenvalue weighted by Crippen LogP contribution is -2.45. The molecule has 1 atom stereocenters. The minimum atomic E-state index is 0.123. The molecule has 2 aliphatic heterocycles. The first kappa shape index (κ1) is 16.6. The lowest BCUT2D eigenvalue weighted by molar-refractivity contribution is 0.173. The second kappa shape index (κ2) is 7.56. The van der Waals surface area contributed by atoms with Crippen LogP contribution in [0.1, 0.15) is 26.2 Å². The molecule has 5 heteroatoms. The first-order valence-corrected chi connectivity index (χ1v) is 9.44. The largest absolute Gasteiger partial charge is 0.371 e. The number of amides is 2. The van der Waals surface area contributed by atoms with Gasteiger partial charge < -0.3 is 15.1 Å². The third-order valence-corrected chi connectivity index (χ3v) is 5.57. The van der Waals surface area contributed by atoms with Gasteiger partial charge in [0.15, 0.2) is 0 Å². The van der Waals surface area contributed by atoms with E-state index >= 15 is 0 Å². The van der Waals surface area contributed by atoms with Gasteiger partial charge in [-0.1, -0.05) is 28.9 Å². The fraction of sp³-hybridized carbons (Fsp3) is 0.611. The van der Waals surface area contributed by atoms with Crippen LogP contribution in [0.25, 0.3) is 0 Å². The predicted molar refractivity (Wildman–Crippen MR) is 97.8 cm³/mol. The second-order valence-electron chi connectivity index (χ2n) is 6.94. The molecule has 1 unspecified atom stereocenters. The van der Waals surface area contributed by atoms with Crippen LogP contribution in [0.3, 0.4) is 0 Å². The Balaban J connectivity index is 1.44. The summed E-state index contributed by atoms with van der Waals surface area (Å²) in [7, 11) is 0. The number of rotatable bonds is 3. The summed E-state index contributed by atoms with van der Waals surface area (Å²) in [5, 5.41) is 3.14. The molecule has 0 spiro atoms. The number of carbonyl (C=O) groups is 1. The highest BCUT2D eigenvalue weighted by atomic mass is 79.9. The van der Waals surface area contributed by atoms with E-state index in [4.69, 9.17) is 0 Å². The minimum Gasteiger partial charge on any atom is -0.371 e. The highest BCUT2D eigenvalue weighted by molar-refractivity contribution is 9.10. The SMILES string of the molecule is CC1CCN(C(=O)NCC2CCN(c3cccc(Br)c3)C2)CC1. The normalized spacial score (nSPS) is 22.4. The Labute approximate surface area is 147 Å². The maximum Gasteiger partial charge on any atom is 0.317 e. The van der Waals surface area contributed by atoms with Crippen molar-refractivity contribution < 1.29 is 4.79 Å². The van der Waals surface area contributed by atoms with Crippen LogP contribution >= 0.6 is 15.9 Å². The third kappa shape index (κ3) is 4.40. The molecule has 2 fully saturated rings. The number of anilines is 1. The Hall–Kier alpha value is -1.23. The molecular weight excluding hydrogens is 354 g/mol.